The van der Waals surface area contributed by atoms with Crippen LogP contribution in [0.1, 0.15) is 16.7 Å². The summed E-state index contributed by atoms with van der Waals surface area (Å²) in [4.78, 5) is 0.835. The van der Waals surface area contributed by atoms with Gasteiger partial charge in [-0.15, -0.1) is 0 Å². The highest BCUT2D eigenvalue weighted by molar-refractivity contribution is 7.88. The molecule has 68 valence electrons. The van der Waals surface area contributed by atoms with Gasteiger partial charge in [-0.2, -0.15) is 0 Å². The third-order valence-corrected chi connectivity index (χ3v) is 2.69. The lowest BCUT2D eigenvalue weighted by Crippen LogP contribution is -2.01. The van der Waals surface area contributed by atoms with Gasteiger partial charge in [-0.25, -0.2) is 0 Å². The van der Waals surface area contributed by atoms with Crippen molar-refractivity contribution in [2.75, 3.05) is 0 Å². The second-order valence-corrected chi connectivity index (χ2v) is 3.95. The zero-order chi connectivity index (χ0) is 9.84. The van der Waals surface area contributed by atoms with E-state index in [1.165, 1.54) is 16.7 Å². The van der Waals surface area contributed by atoms with Gasteiger partial charge in [0.05, 0.1) is 0 Å². The summed E-state index contributed by atoms with van der Waals surface area (Å²) in [5.74, 6) is 0. The molecule has 0 unspecified atom stereocenters. The van der Waals surface area contributed by atoms with E-state index in [1.54, 1.807) is 5.37 Å². The van der Waals surface area contributed by atoms with Crippen LogP contribution in [0.25, 0.3) is 0 Å². The Labute approximate surface area is 90.0 Å². The summed E-state index contributed by atoms with van der Waals surface area (Å²) in [5.41, 5.74) is 3.85. The van der Waals surface area contributed by atoms with Crippen LogP contribution < -0.4 is 0 Å². The summed E-state index contributed by atoms with van der Waals surface area (Å²) in [6, 6.07) is 6.39. The number of rotatable bonds is 3. The first-order valence-electron chi connectivity index (χ1n) is 4.17. The molecule has 0 saturated heterocycles. The highest BCUT2D eigenvalue weighted by Gasteiger charge is 2.00. The molecule has 1 aromatic carbocycles. The van der Waals surface area contributed by atoms with Crippen molar-refractivity contribution in [2.24, 2.45) is 0 Å². The van der Waals surface area contributed by atoms with Crippen LogP contribution in [0.2, 0.25) is 0 Å². The first-order valence-corrected chi connectivity index (χ1v) is 5.05. The second kappa shape index (κ2) is 4.58. The SMILES string of the molecule is Cc1ccc(CC(=S)C=S)c(C)c1. The number of hydrogen-bond acceptors (Lipinski definition) is 2. The van der Waals surface area contributed by atoms with Gasteiger partial charge >= 0.3 is 0 Å². The molecule has 0 heterocycles. The summed E-state index contributed by atoms with van der Waals surface area (Å²) >= 11 is 9.85. The van der Waals surface area contributed by atoms with Crippen molar-refractivity contribution < 1.29 is 0 Å². The fourth-order valence-corrected chi connectivity index (χ4v) is 1.51. The predicted molar refractivity (Wildman–Crippen MR) is 65.9 cm³/mol. The van der Waals surface area contributed by atoms with E-state index in [2.05, 4.69) is 32.0 Å². The van der Waals surface area contributed by atoms with E-state index in [9.17, 15) is 0 Å². The molecular weight excluding hydrogens is 196 g/mol. The fraction of sp³-hybridized carbons (Fsp3) is 0.273. The van der Waals surface area contributed by atoms with Crippen LogP contribution in [0, 0.1) is 13.8 Å². The van der Waals surface area contributed by atoms with Gasteiger partial charge in [0, 0.05) is 16.7 Å². The van der Waals surface area contributed by atoms with Crippen LogP contribution >= 0.6 is 24.4 Å². The molecule has 0 atom stereocenters. The summed E-state index contributed by atoms with van der Waals surface area (Å²) in [7, 11) is 0. The van der Waals surface area contributed by atoms with E-state index in [4.69, 9.17) is 24.4 Å². The molecule has 1 aromatic rings. The van der Waals surface area contributed by atoms with Gasteiger partial charge in [-0.1, -0.05) is 48.2 Å². The van der Waals surface area contributed by atoms with Crippen LogP contribution in [0.4, 0.5) is 0 Å². The lowest BCUT2D eigenvalue weighted by atomic mass is 10.0. The zero-order valence-corrected chi connectivity index (χ0v) is 9.47. The molecule has 0 fully saturated rings. The van der Waals surface area contributed by atoms with E-state index < -0.39 is 0 Å². The third-order valence-electron chi connectivity index (χ3n) is 1.99. The van der Waals surface area contributed by atoms with Crippen molar-refractivity contribution in [3.63, 3.8) is 0 Å². The van der Waals surface area contributed by atoms with E-state index in [1.807, 2.05) is 0 Å². The summed E-state index contributed by atoms with van der Waals surface area (Å²) in [6.07, 6.45) is 0.797. The molecule has 0 bridgehead atoms. The fourth-order valence-electron chi connectivity index (χ4n) is 1.27. The molecule has 1 rings (SSSR count). The van der Waals surface area contributed by atoms with Gasteiger partial charge in [-0.3, -0.25) is 0 Å². The van der Waals surface area contributed by atoms with Crippen molar-refractivity contribution >= 4 is 34.7 Å². The minimum atomic E-state index is 0.797. The average Bonchev–Trinajstić information content (AvgIpc) is 2.09. The minimum absolute atomic E-state index is 0.797. The zero-order valence-electron chi connectivity index (χ0n) is 7.83. The maximum absolute atomic E-state index is 5.07. The van der Waals surface area contributed by atoms with E-state index in [0.717, 1.165) is 11.3 Å². The minimum Gasteiger partial charge on any atom is -0.0875 e. The number of benzene rings is 1. The largest absolute Gasteiger partial charge is 0.0875 e. The Balaban J connectivity index is 2.89. The van der Waals surface area contributed by atoms with Gasteiger partial charge in [0.15, 0.2) is 0 Å². The number of aryl methyl sites for hydroxylation is 2. The summed E-state index contributed by atoms with van der Waals surface area (Å²) in [6.45, 7) is 4.20. The van der Waals surface area contributed by atoms with Gasteiger partial charge in [0.25, 0.3) is 0 Å². The molecule has 0 aromatic heterocycles. The van der Waals surface area contributed by atoms with Crippen molar-refractivity contribution in [3.05, 3.63) is 34.9 Å². The smallest absolute Gasteiger partial charge is 0.0303 e. The Morgan fingerprint density at radius 2 is 2.08 bits per heavy atom. The van der Waals surface area contributed by atoms with Crippen molar-refractivity contribution in [1.82, 2.24) is 0 Å². The molecule has 0 saturated carbocycles. The molecule has 0 nitrogen and oxygen atoms in total. The van der Waals surface area contributed by atoms with Crippen LogP contribution in [0.15, 0.2) is 18.2 Å². The molecule has 0 spiro atoms. The molecular formula is C11H12S2. The Hall–Kier alpha value is -0.600. The third kappa shape index (κ3) is 2.98. The van der Waals surface area contributed by atoms with Crippen LogP contribution in [0.5, 0.6) is 0 Å². The van der Waals surface area contributed by atoms with Gasteiger partial charge in [-0.05, 0) is 25.0 Å². The maximum Gasteiger partial charge on any atom is 0.0303 e. The standard InChI is InChI=1S/C11H12S2/c1-8-3-4-10(9(2)5-8)6-11(13)7-12/h3-5,7H,6H2,1-2H3. The summed E-state index contributed by atoms with van der Waals surface area (Å²) < 4.78 is 0. The highest BCUT2D eigenvalue weighted by atomic mass is 32.1. The molecule has 0 aliphatic heterocycles. The predicted octanol–water partition coefficient (Wildman–Crippen LogP) is 3.22. The van der Waals surface area contributed by atoms with E-state index in [-0.39, 0.29) is 0 Å². The van der Waals surface area contributed by atoms with Gasteiger partial charge in [0.1, 0.15) is 0 Å². The Kier molecular flexibility index (Phi) is 3.70. The Morgan fingerprint density at radius 3 is 2.62 bits per heavy atom. The average molecular weight is 208 g/mol. The highest BCUT2D eigenvalue weighted by Crippen LogP contribution is 2.11. The molecule has 0 amide bonds. The monoisotopic (exact) mass is 208 g/mol. The molecule has 2 heteroatoms. The van der Waals surface area contributed by atoms with E-state index in [0.29, 0.717) is 0 Å². The maximum atomic E-state index is 5.07. The van der Waals surface area contributed by atoms with Crippen LogP contribution in [-0.2, 0) is 6.42 Å². The molecule has 0 aliphatic rings. The van der Waals surface area contributed by atoms with Gasteiger partial charge < -0.3 is 0 Å². The van der Waals surface area contributed by atoms with Gasteiger partial charge in [0.2, 0.25) is 0 Å². The summed E-state index contributed by atoms with van der Waals surface area (Å²) in [5, 5.41) is 1.58. The lowest BCUT2D eigenvalue weighted by Gasteiger charge is -2.05. The molecule has 13 heavy (non-hydrogen) atoms. The number of thiocarbonyl (C=S) groups is 2. The second-order valence-electron chi connectivity index (χ2n) is 3.19. The van der Waals surface area contributed by atoms with Crippen molar-refractivity contribution in [3.8, 4) is 0 Å². The van der Waals surface area contributed by atoms with Crippen LogP contribution in [0.3, 0.4) is 0 Å². The Morgan fingerprint density at radius 1 is 1.38 bits per heavy atom. The normalized spacial score (nSPS) is 9.69. The topological polar surface area (TPSA) is 0 Å². The molecule has 0 N–H and O–H groups in total. The first kappa shape index (κ1) is 10.5. The first-order chi connectivity index (χ1) is 6.13. The Bertz CT molecular complexity index is 340. The van der Waals surface area contributed by atoms with Crippen LogP contribution in [-0.4, -0.2) is 10.2 Å². The quantitative estimate of drug-likeness (QED) is 0.700. The number of hydrogen-bond donors (Lipinski definition) is 0. The van der Waals surface area contributed by atoms with Crippen molar-refractivity contribution in [1.29, 1.82) is 0 Å². The molecule has 0 aliphatic carbocycles. The van der Waals surface area contributed by atoms with E-state index >= 15 is 0 Å². The van der Waals surface area contributed by atoms with Crippen molar-refractivity contribution in [2.45, 2.75) is 20.3 Å². The molecule has 0 radical (unpaired) electrons. The lowest BCUT2D eigenvalue weighted by molar-refractivity contribution is 1.25.